The number of carbonyl (C=O) groups excluding carboxylic acids is 1. The highest BCUT2D eigenvalue weighted by Crippen LogP contribution is 2.35. The summed E-state index contributed by atoms with van der Waals surface area (Å²) in [5, 5.41) is 6.55. The Morgan fingerprint density at radius 2 is 2.42 bits per heavy atom. The Labute approximate surface area is 158 Å². The maximum Gasteiger partial charge on any atom is 0.262 e. The molecule has 1 unspecified atom stereocenters. The van der Waals surface area contributed by atoms with E-state index in [9.17, 15) is 9.59 Å². The van der Waals surface area contributed by atoms with Gasteiger partial charge in [0.05, 0.1) is 17.9 Å². The Bertz CT molecular complexity index is 1030. The number of hydrogen-bond acceptors (Lipinski definition) is 6. The molecule has 0 spiro atoms. The van der Waals surface area contributed by atoms with E-state index in [0.29, 0.717) is 11.3 Å². The zero-order chi connectivity index (χ0) is 18.1. The van der Waals surface area contributed by atoms with Gasteiger partial charge in [-0.05, 0) is 42.2 Å². The molecule has 4 rings (SSSR count). The SMILES string of the molecule is CC1CCc2c(sc3ncn(CC(=O)NN=Cc4cccs4)c(=O)c23)C1. The number of fused-ring (bicyclic) bond motifs is 3. The monoisotopic (exact) mass is 386 g/mol. The average Bonchev–Trinajstić information content (AvgIpc) is 3.24. The molecule has 0 saturated heterocycles. The van der Waals surface area contributed by atoms with Crippen molar-refractivity contribution in [2.75, 3.05) is 0 Å². The molecular weight excluding hydrogens is 368 g/mol. The number of carbonyl (C=O) groups is 1. The molecule has 3 heterocycles. The normalized spacial score (nSPS) is 16.9. The van der Waals surface area contributed by atoms with Crippen molar-refractivity contribution < 1.29 is 4.79 Å². The number of nitrogens with zero attached hydrogens (tertiary/aromatic N) is 3. The minimum absolute atomic E-state index is 0.0927. The van der Waals surface area contributed by atoms with Gasteiger partial charge in [-0.1, -0.05) is 13.0 Å². The second kappa shape index (κ2) is 7.13. The summed E-state index contributed by atoms with van der Waals surface area (Å²) < 4.78 is 1.36. The minimum Gasteiger partial charge on any atom is -0.289 e. The third-order valence-corrected chi connectivity index (χ3v) is 6.49. The summed E-state index contributed by atoms with van der Waals surface area (Å²) in [5.41, 5.74) is 3.45. The summed E-state index contributed by atoms with van der Waals surface area (Å²) >= 11 is 3.14. The number of aromatic nitrogens is 2. The Kier molecular flexibility index (Phi) is 4.69. The number of nitrogens with one attached hydrogen (secondary N) is 1. The van der Waals surface area contributed by atoms with Gasteiger partial charge >= 0.3 is 0 Å². The van der Waals surface area contributed by atoms with Crippen molar-refractivity contribution in [1.82, 2.24) is 15.0 Å². The molecule has 0 radical (unpaired) electrons. The average molecular weight is 387 g/mol. The van der Waals surface area contributed by atoms with Crippen LogP contribution in [0.15, 0.2) is 33.7 Å². The van der Waals surface area contributed by atoms with Crippen LogP contribution in [0.4, 0.5) is 0 Å². The van der Waals surface area contributed by atoms with Crippen LogP contribution in [0.3, 0.4) is 0 Å². The van der Waals surface area contributed by atoms with Crippen LogP contribution in [0.1, 0.15) is 28.7 Å². The molecule has 1 aliphatic carbocycles. The summed E-state index contributed by atoms with van der Waals surface area (Å²) in [4.78, 5) is 32.4. The molecule has 0 bridgehead atoms. The van der Waals surface area contributed by atoms with E-state index in [0.717, 1.165) is 34.5 Å². The predicted molar refractivity (Wildman–Crippen MR) is 105 cm³/mol. The van der Waals surface area contributed by atoms with Crippen molar-refractivity contribution in [1.29, 1.82) is 0 Å². The maximum absolute atomic E-state index is 12.9. The van der Waals surface area contributed by atoms with E-state index in [2.05, 4.69) is 22.4 Å². The molecule has 1 N–H and O–H groups in total. The zero-order valence-electron chi connectivity index (χ0n) is 14.3. The van der Waals surface area contributed by atoms with Crippen molar-refractivity contribution in [3.8, 4) is 0 Å². The summed E-state index contributed by atoms with van der Waals surface area (Å²) in [5.74, 6) is 0.295. The molecule has 0 aliphatic heterocycles. The number of thiophene rings is 2. The maximum atomic E-state index is 12.9. The Balaban J connectivity index is 1.54. The first-order valence-electron chi connectivity index (χ1n) is 8.47. The van der Waals surface area contributed by atoms with Gasteiger partial charge in [-0.3, -0.25) is 14.2 Å². The highest BCUT2D eigenvalue weighted by atomic mass is 32.1. The summed E-state index contributed by atoms with van der Waals surface area (Å²) in [6, 6.07) is 3.82. The summed E-state index contributed by atoms with van der Waals surface area (Å²) in [6.07, 6.45) is 6.05. The summed E-state index contributed by atoms with van der Waals surface area (Å²) in [6.45, 7) is 2.14. The van der Waals surface area contributed by atoms with Gasteiger partial charge < -0.3 is 0 Å². The van der Waals surface area contributed by atoms with Crippen LogP contribution in [0.25, 0.3) is 10.2 Å². The third kappa shape index (κ3) is 3.34. The number of rotatable bonds is 4. The first-order chi connectivity index (χ1) is 12.6. The van der Waals surface area contributed by atoms with Crippen LogP contribution < -0.4 is 11.0 Å². The minimum atomic E-state index is -0.348. The van der Waals surface area contributed by atoms with E-state index in [-0.39, 0.29) is 18.0 Å². The van der Waals surface area contributed by atoms with Gasteiger partial charge in [0.2, 0.25) is 0 Å². The van der Waals surface area contributed by atoms with Crippen molar-refractivity contribution in [2.24, 2.45) is 11.0 Å². The molecule has 1 atom stereocenters. The van der Waals surface area contributed by atoms with Crippen LogP contribution >= 0.6 is 22.7 Å². The van der Waals surface area contributed by atoms with Gasteiger partial charge in [0.1, 0.15) is 11.4 Å². The second-order valence-electron chi connectivity index (χ2n) is 6.52. The van der Waals surface area contributed by atoms with Gasteiger partial charge in [0.25, 0.3) is 11.5 Å². The molecule has 0 aromatic carbocycles. The topological polar surface area (TPSA) is 76.3 Å². The fourth-order valence-electron chi connectivity index (χ4n) is 3.20. The van der Waals surface area contributed by atoms with Crippen molar-refractivity contribution in [3.63, 3.8) is 0 Å². The predicted octanol–water partition coefficient (Wildman–Crippen LogP) is 2.79. The highest BCUT2D eigenvalue weighted by molar-refractivity contribution is 7.18. The molecule has 0 fully saturated rings. The fourth-order valence-corrected chi connectivity index (χ4v) is 5.13. The number of hydrogen-bond donors (Lipinski definition) is 1. The highest BCUT2D eigenvalue weighted by Gasteiger charge is 2.23. The number of amides is 1. The lowest BCUT2D eigenvalue weighted by Gasteiger charge is -2.17. The van der Waals surface area contributed by atoms with Crippen molar-refractivity contribution >= 4 is 45.0 Å². The van der Waals surface area contributed by atoms with E-state index in [1.807, 2.05) is 17.5 Å². The first-order valence-corrected chi connectivity index (χ1v) is 10.2. The quantitative estimate of drug-likeness (QED) is 0.553. The molecule has 134 valence electrons. The van der Waals surface area contributed by atoms with Gasteiger partial charge in [-0.2, -0.15) is 5.10 Å². The molecule has 6 nitrogen and oxygen atoms in total. The van der Waals surface area contributed by atoms with E-state index < -0.39 is 0 Å². The Hall–Kier alpha value is -2.32. The third-order valence-electron chi connectivity index (χ3n) is 4.52. The number of aryl methyl sites for hydroxylation is 1. The Morgan fingerprint density at radius 3 is 3.23 bits per heavy atom. The van der Waals surface area contributed by atoms with E-state index in [1.54, 1.807) is 17.6 Å². The second-order valence-corrected chi connectivity index (χ2v) is 8.58. The number of hydrazone groups is 1. The molecule has 26 heavy (non-hydrogen) atoms. The summed E-state index contributed by atoms with van der Waals surface area (Å²) in [7, 11) is 0. The van der Waals surface area contributed by atoms with Crippen LogP contribution in [-0.2, 0) is 24.2 Å². The molecule has 0 saturated carbocycles. The molecular formula is C18H18N4O2S2. The van der Waals surface area contributed by atoms with Gasteiger partial charge in [-0.15, -0.1) is 22.7 Å². The first kappa shape index (κ1) is 17.1. The lowest BCUT2D eigenvalue weighted by molar-refractivity contribution is -0.121. The smallest absolute Gasteiger partial charge is 0.262 e. The molecule has 1 aliphatic rings. The largest absolute Gasteiger partial charge is 0.289 e. The van der Waals surface area contributed by atoms with Gasteiger partial charge in [-0.25, -0.2) is 10.4 Å². The van der Waals surface area contributed by atoms with Gasteiger partial charge in [0.15, 0.2) is 0 Å². The standard InChI is InChI=1S/C18H18N4O2S2/c1-11-4-5-13-14(7-11)26-17-16(13)18(24)22(10-19-17)9-15(23)21-20-8-12-3-2-6-25-12/h2-3,6,8,10-11H,4-5,7,9H2,1H3,(H,21,23). The molecule has 8 heteroatoms. The van der Waals surface area contributed by atoms with Crippen molar-refractivity contribution in [3.05, 3.63) is 49.5 Å². The van der Waals surface area contributed by atoms with E-state index in [4.69, 9.17) is 0 Å². The van der Waals surface area contributed by atoms with Crippen LogP contribution in [0.5, 0.6) is 0 Å². The Morgan fingerprint density at radius 1 is 1.54 bits per heavy atom. The molecule has 3 aromatic heterocycles. The lowest BCUT2D eigenvalue weighted by Crippen LogP contribution is -2.30. The van der Waals surface area contributed by atoms with Crippen LogP contribution in [0, 0.1) is 5.92 Å². The van der Waals surface area contributed by atoms with Gasteiger partial charge in [0, 0.05) is 9.75 Å². The molecule has 1 amide bonds. The van der Waals surface area contributed by atoms with Crippen molar-refractivity contribution in [2.45, 2.75) is 32.7 Å². The lowest BCUT2D eigenvalue weighted by atomic mass is 9.89. The van der Waals surface area contributed by atoms with Crippen LogP contribution in [-0.4, -0.2) is 21.7 Å². The van der Waals surface area contributed by atoms with Crippen LogP contribution in [0.2, 0.25) is 0 Å². The fraction of sp³-hybridized carbons (Fsp3) is 0.333. The molecule has 3 aromatic rings. The van der Waals surface area contributed by atoms with E-state index >= 15 is 0 Å². The zero-order valence-corrected chi connectivity index (χ0v) is 15.9. The van der Waals surface area contributed by atoms with E-state index in [1.165, 1.54) is 27.1 Å².